The third kappa shape index (κ3) is 5.84. The Morgan fingerprint density at radius 2 is 1.90 bits per heavy atom. The molecule has 158 valence electrons. The number of fused-ring (bicyclic) bond motifs is 1. The van der Waals surface area contributed by atoms with E-state index in [2.05, 4.69) is 32.3 Å². The molecule has 1 aromatic carbocycles. The first-order valence-corrected chi connectivity index (χ1v) is 9.45. The van der Waals surface area contributed by atoms with Crippen LogP contribution in [0.2, 0.25) is 0 Å². The molecule has 7 nitrogen and oxygen atoms in total. The molecule has 1 aromatic heterocycles. The summed E-state index contributed by atoms with van der Waals surface area (Å²) < 4.78 is 47.5. The van der Waals surface area contributed by atoms with Gasteiger partial charge in [-0.25, -0.2) is 14.6 Å². The predicted octanol–water partition coefficient (Wildman–Crippen LogP) is 4.13. The molecule has 29 heavy (non-hydrogen) atoms. The number of carbonyl (C=O) groups is 2. The number of alkyl halides is 3. The van der Waals surface area contributed by atoms with Crippen LogP contribution in [0.1, 0.15) is 20.8 Å². The average molecular weight is 525 g/mol. The van der Waals surface area contributed by atoms with Crippen LogP contribution in [0.15, 0.2) is 24.4 Å². The summed E-state index contributed by atoms with van der Waals surface area (Å²) in [7, 11) is 0. The molecule has 0 atom stereocenters. The van der Waals surface area contributed by atoms with E-state index >= 15 is 0 Å². The van der Waals surface area contributed by atoms with Gasteiger partial charge >= 0.3 is 18.2 Å². The van der Waals surface area contributed by atoms with E-state index in [0.717, 1.165) is 13.9 Å². The van der Waals surface area contributed by atoms with E-state index in [1.165, 1.54) is 0 Å². The molecular formula is C18H19F3IN3O4. The first kappa shape index (κ1) is 23.0. The van der Waals surface area contributed by atoms with Gasteiger partial charge in [-0.2, -0.15) is 13.2 Å². The lowest BCUT2D eigenvalue weighted by Gasteiger charge is -2.34. The highest BCUT2D eigenvalue weighted by atomic mass is 127. The van der Waals surface area contributed by atoms with Gasteiger partial charge < -0.3 is 15.2 Å². The summed E-state index contributed by atoms with van der Waals surface area (Å²) in [5.41, 5.74) is 4.96. The van der Waals surface area contributed by atoms with Gasteiger partial charge in [-0.1, -0.05) is 0 Å². The molecule has 0 aliphatic carbocycles. The van der Waals surface area contributed by atoms with Crippen LogP contribution < -0.4 is 10.5 Å². The molecule has 2 aromatic rings. The normalized spacial score (nSPS) is 12.0. The second kappa shape index (κ2) is 8.59. The van der Waals surface area contributed by atoms with E-state index in [4.69, 9.17) is 10.5 Å². The molecule has 0 aliphatic heterocycles. The van der Waals surface area contributed by atoms with Gasteiger partial charge in [0.25, 0.3) is 0 Å². The predicted molar refractivity (Wildman–Crippen MR) is 108 cm³/mol. The number of halogens is 4. The zero-order valence-electron chi connectivity index (χ0n) is 15.8. The van der Waals surface area contributed by atoms with Gasteiger partial charge in [-0.05, 0) is 66.9 Å². The number of hydrogen-bond acceptors (Lipinski definition) is 6. The largest absolute Gasteiger partial charge is 0.491 e. The van der Waals surface area contributed by atoms with Gasteiger partial charge in [0, 0.05) is 17.1 Å². The quantitative estimate of drug-likeness (QED) is 0.367. The van der Waals surface area contributed by atoms with Gasteiger partial charge in [0.05, 0.1) is 10.1 Å². The second-order valence-corrected chi connectivity index (χ2v) is 8.19. The highest BCUT2D eigenvalue weighted by molar-refractivity contribution is 14.1. The summed E-state index contributed by atoms with van der Waals surface area (Å²) in [4.78, 5) is 28.0. The van der Waals surface area contributed by atoms with Gasteiger partial charge in [0.15, 0.2) is 0 Å². The van der Waals surface area contributed by atoms with Gasteiger partial charge in [0.1, 0.15) is 18.2 Å². The molecule has 0 spiro atoms. The first-order valence-electron chi connectivity index (χ1n) is 8.38. The van der Waals surface area contributed by atoms with Crippen molar-refractivity contribution in [2.45, 2.75) is 32.5 Å². The standard InChI is InChI=1S/C18H19F3IN3O4/c1-17(2,3)25(16(27)29-15(26)18(19,20)21)6-7-28-13-9-11-10(8-12(13)22)4-5-24-14(11)23/h4-5,8-9H,6-7H2,1-3H3,(H2,23,24). The Morgan fingerprint density at radius 1 is 1.24 bits per heavy atom. The Hall–Kier alpha value is -2.31. The maximum Gasteiger partial charge on any atom is 0.491 e. The summed E-state index contributed by atoms with van der Waals surface area (Å²) in [6, 6.07) is 5.35. The van der Waals surface area contributed by atoms with Crippen LogP contribution in [-0.4, -0.2) is 46.8 Å². The topological polar surface area (TPSA) is 94.8 Å². The molecule has 0 fully saturated rings. The number of carbonyl (C=O) groups excluding carboxylic acids is 2. The highest BCUT2D eigenvalue weighted by Crippen LogP contribution is 2.30. The number of ether oxygens (including phenoxy) is 2. The lowest BCUT2D eigenvalue weighted by molar-refractivity contribution is -0.194. The summed E-state index contributed by atoms with van der Waals surface area (Å²) in [6.45, 7) is 4.63. The minimum atomic E-state index is -5.26. The third-order valence-electron chi connectivity index (χ3n) is 3.86. The number of benzene rings is 1. The molecule has 0 unspecified atom stereocenters. The van der Waals surface area contributed by atoms with Gasteiger partial charge in [-0.3, -0.25) is 4.90 Å². The van der Waals surface area contributed by atoms with E-state index in [1.807, 2.05) is 6.07 Å². The van der Waals surface area contributed by atoms with Crippen molar-refractivity contribution in [2.24, 2.45) is 0 Å². The smallest absolute Gasteiger partial charge is 0.491 e. The van der Waals surface area contributed by atoms with E-state index in [0.29, 0.717) is 17.0 Å². The van der Waals surface area contributed by atoms with Crippen molar-refractivity contribution >= 4 is 51.2 Å². The van der Waals surface area contributed by atoms with Crippen molar-refractivity contribution in [1.82, 2.24) is 9.88 Å². The van der Waals surface area contributed by atoms with E-state index in [1.54, 1.807) is 39.1 Å². The van der Waals surface area contributed by atoms with Crippen molar-refractivity contribution in [3.8, 4) is 5.75 Å². The van der Waals surface area contributed by atoms with Gasteiger partial charge in [-0.15, -0.1) is 0 Å². The highest BCUT2D eigenvalue weighted by Gasteiger charge is 2.44. The van der Waals surface area contributed by atoms with Gasteiger partial charge in [0.2, 0.25) is 0 Å². The number of hydrogen-bond donors (Lipinski definition) is 1. The molecule has 0 aliphatic rings. The number of nitrogens with zero attached hydrogens (tertiary/aromatic N) is 2. The van der Waals surface area contributed by atoms with Crippen molar-refractivity contribution < 1.29 is 32.2 Å². The molecule has 0 radical (unpaired) electrons. The fraction of sp³-hybridized carbons (Fsp3) is 0.389. The summed E-state index contributed by atoms with van der Waals surface area (Å²) in [6.07, 6.45) is -5.07. The number of anilines is 1. The van der Waals surface area contributed by atoms with Crippen molar-refractivity contribution in [2.75, 3.05) is 18.9 Å². The molecule has 1 amide bonds. The number of amides is 1. The average Bonchev–Trinajstić information content (AvgIpc) is 2.57. The molecular weight excluding hydrogens is 506 g/mol. The Balaban J connectivity index is 2.12. The molecule has 0 bridgehead atoms. The maximum atomic E-state index is 12.4. The summed E-state index contributed by atoms with van der Waals surface area (Å²) >= 11 is 2.07. The summed E-state index contributed by atoms with van der Waals surface area (Å²) in [5, 5.41) is 1.56. The van der Waals surface area contributed by atoms with E-state index in [-0.39, 0.29) is 13.2 Å². The molecule has 1 heterocycles. The maximum absolute atomic E-state index is 12.4. The Labute approximate surface area is 178 Å². The van der Waals surface area contributed by atoms with Crippen LogP contribution in [0.3, 0.4) is 0 Å². The number of nitrogen functional groups attached to an aromatic ring is 1. The van der Waals surface area contributed by atoms with Crippen LogP contribution in [0.5, 0.6) is 5.75 Å². The minimum absolute atomic E-state index is 0.0474. The second-order valence-electron chi connectivity index (χ2n) is 7.02. The number of nitrogens with two attached hydrogens (primary N) is 1. The van der Waals surface area contributed by atoms with Crippen LogP contribution >= 0.6 is 22.6 Å². The third-order valence-corrected chi connectivity index (χ3v) is 4.70. The Morgan fingerprint density at radius 3 is 2.48 bits per heavy atom. The fourth-order valence-electron chi connectivity index (χ4n) is 2.45. The Bertz CT molecular complexity index is 929. The lowest BCUT2D eigenvalue weighted by Crippen LogP contribution is -2.49. The molecule has 2 rings (SSSR count). The molecule has 0 saturated carbocycles. The SMILES string of the molecule is CC(C)(C)N(CCOc1cc2c(N)nccc2cc1I)C(=O)OC(=O)C(F)(F)F. The molecule has 0 saturated heterocycles. The molecule has 11 heteroatoms. The monoisotopic (exact) mass is 525 g/mol. The number of esters is 1. The van der Waals surface area contributed by atoms with Crippen molar-refractivity contribution in [3.05, 3.63) is 28.0 Å². The molecule has 2 N–H and O–H groups in total. The lowest BCUT2D eigenvalue weighted by atomic mass is 10.1. The van der Waals surface area contributed by atoms with Crippen molar-refractivity contribution in [1.29, 1.82) is 0 Å². The zero-order valence-corrected chi connectivity index (χ0v) is 18.0. The van der Waals surface area contributed by atoms with Crippen LogP contribution in [0.4, 0.5) is 23.8 Å². The Kier molecular flexibility index (Phi) is 6.81. The van der Waals surface area contributed by atoms with Crippen LogP contribution in [0, 0.1) is 3.57 Å². The number of pyridine rings is 1. The van der Waals surface area contributed by atoms with Crippen LogP contribution in [-0.2, 0) is 9.53 Å². The number of rotatable bonds is 4. The summed E-state index contributed by atoms with van der Waals surface area (Å²) in [5.74, 6) is -1.76. The van der Waals surface area contributed by atoms with Crippen molar-refractivity contribution in [3.63, 3.8) is 0 Å². The number of aromatic nitrogens is 1. The zero-order chi connectivity index (χ0) is 22.0. The van der Waals surface area contributed by atoms with Crippen LogP contribution in [0.25, 0.3) is 10.8 Å². The fourth-order valence-corrected chi connectivity index (χ4v) is 3.09. The minimum Gasteiger partial charge on any atom is -0.491 e. The van der Waals surface area contributed by atoms with E-state index < -0.39 is 23.8 Å². The van der Waals surface area contributed by atoms with E-state index in [9.17, 15) is 22.8 Å². The first-order chi connectivity index (χ1) is 13.3.